The number of aromatic nitrogens is 4. The van der Waals surface area contributed by atoms with E-state index in [4.69, 9.17) is 9.15 Å². The van der Waals surface area contributed by atoms with Crippen molar-refractivity contribution in [3.63, 3.8) is 0 Å². The highest BCUT2D eigenvalue weighted by molar-refractivity contribution is 5.97. The monoisotopic (exact) mass is 645 g/mol. The number of hydrogen-bond acceptors (Lipinski definition) is 8. The van der Waals surface area contributed by atoms with Gasteiger partial charge in [-0.1, -0.05) is 12.1 Å². The number of likely N-dealkylation sites (tertiary alicyclic amines) is 1. The highest BCUT2D eigenvalue weighted by Gasteiger charge is 2.30. The fourth-order valence-electron chi connectivity index (χ4n) is 6.47. The Labute approximate surface area is 269 Å². The van der Waals surface area contributed by atoms with E-state index in [1.54, 1.807) is 12.1 Å². The summed E-state index contributed by atoms with van der Waals surface area (Å²) in [5.74, 6) is -0.883. The highest BCUT2D eigenvalue weighted by Crippen LogP contribution is 2.39. The fraction of sp³-hybridized carbons (Fsp3) is 0.353. The maximum absolute atomic E-state index is 16.1. The van der Waals surface area contributed by atoms with Crippen molar-refractivity contribution < 1.29 is 27.1 Å². The molecule has 47 heavy (non-hydrogen) atoms. The standard InChI is InChI=1S/C34H34F3N7O3/c1-42(16-21-8-11-43(12-9-21)24-18-46-19-24)30-13-27(25-3-2-4-29-26(25)7-10-38-29)28(35)14-31(30)44(20-45)17-23-6-5-22(15-39-23)33-40-41-34(47-33)32(36)37/h2-7,10,13-15,20-21,24,32,38H,8-9,11-12,16-19H2,1H3. The molecule has 244 valence electrons. The molecule has 0 atom stereocenters. The van der Waals surface area contributed by atoms with Gasteiger partial charge in [0.15, 0.2) is 0 Å². The summed E-state index contributed by atoms with van der Waals surface area (Å²) in [5, 5.41) is 7.91. The molecule has 2 aromatic carbocycles. The third-order valence-corrected chi connectivity index (χ3v) is 9.15. The number of rotatable bonds is 11. The zero-order valence-corrected chi connectivity index (χ0v) is 25.8. The lowest BCUT2D eigenvalue weighted by molar-refractivity contribution is -0.107. The van der Waals surface area contributed by atoms with E-state index in [0.717, 1.165) is 67.8 Å². The Morgan fingerprint density at radius 2 is 1.89 bits per heavy atom. The van der Waals surface area contributed by atoms with Crippen LogP contribution in [0.4, 0.5) is 24.5 Å². The fourth-order valence-corrected chi connectivity index (χ4v) is 6.47. The summed E-state index contributed by atoms with van der Waals surface area (Å²) in [6.45, 7) is 4.42. The molecule has 13 heteroatoms. The van der Waals surface area contributed by atoms with Crippen molar-refractivity contribution in [1.82, 2.24) is 25.1 Å². The van der Waals surface area contributed by atoms with Crippen LogP contribution >= 0.6 is 0 Å². The number of ether oxygens (including phenoxy) is 1. The zero-order valence-electron chi connectivity index (χ0n) is 25.8. The Balaban J connectivity index is 1.18. The van der Waals surface area contributed by atoms with Gasteiger partial charge in [-0.15, -0.1) is 10.2 Å². The van der Waals surface area contributed by atoms with Crippen LogP contribution in [0.1, 0.15) is 30.9 Å². The maximum Gasteiger partial charge on any atom is 0.314 e. The van der Waals surface area contributed by atoms with Crippen molar-refractivity contribution in [2.75, 3.05) is 49.7 Å². The molecule has 2 fully saturated rings. The molecular formula is C34H34F3N7O3. The molecule has 2 aliphatic heterocycles. The Morgan fingerprint density at radius 1 is 1.06 bits per heavy atom. The predicted octanol–water partition coefficient (Wildman–Crippen LogP) is 6.07. The van der Waals surface area contributed by atoms with Crippen LogP contribution in [0.15, 0.2) is 65.3 Å². The van der Waals surface area contributed by atoms with Crippen LogP contribution in [0.5, 0.6) is 0 Å². The number of alkyl halides is 2. The molecule has 3 aromatic heterocycles. The molecule has 0 radical (unpaired) electrons. The van der Waals surface area contributed by atoms with E-state index in [9.17, 15) is 13.6 Å². The molecule has 1 N–H and O–H groups in total. The molecule has 2 saturated heterocycles. The molecule has 0 spiro atoms. The lowest BCUT2D eigenvalue weighted by Gasteiger charge is -2.42. The number of benzene rings is 2. The van der Waals surface area contributed by atoms with Gasteiger partial charge >= 0.3 is 6.43 Å². The van der Waals surface area contributed by atoms with Gasteiger partial charge in [-0.25, -0.2) is 4.39 Å². The van der Waals surface area contributed by atoms with Crippen LogP contribution < -0.4 is 9.80 Å². The summed E-state index contributed by atoms with van der Waals surface area (Å²) in [5.41, 5.74) is 4.09. The lowest BCUT2D eigenvalue weighted by atomic mass is 9.94. The van der Waals surface area contributed by atoms with Gasteiger partial charge < -0.3 is 23.9 Å². The number of anilines is 2. The van der Waals surface area contributed by atoms with Gasteiger partial charge in [0.2, 0.25) is 12.3 Å². The Bertz CT molecular complexity index is 1850. The highest BCUT2D eigenvalue weighted by atomic mass is 19.3. The number of aromatic amines is 1. The van der Waals surface area contributed by atoms with E-state index in [1.165, 1.54) is 17.2 Å². The first-order chi connectivity index (χ1) is 22.9. The summed E-state index contributed by atoms with van der Waals surface area (Å²) in [6, 6.07) is 14.7. The third-order valence-electron chi connectivity index (χ3n) is 9.15. The maximum atomic E-state index is 16.1. The van der Waals surface area contributed by atoms with Crippen molar-refractivity contribution >= 4 is 28.7 Å². The van der Waals surface area contributed by atoms with Crippen LogP contribution in [0, 0.1) is 11.7 Å². The first kappa shape index (κ1) is 30.9. The summed E-state index contributed by atoms with van der Waals surface area (Å²) >= 11 is 0. The number of pyridine rings is 1. The van der Waals surface area contributed by atoms with Gasteiger partial charge in [-0.3, -0.25) is 14.7 Å². The van der Waals surface area contributed by atoms with E-state index in [-0.39, 0.29) is 12.4 Å². The summed E-state index contributed by atoms with van der Waals surface area (Å²) in [6.07, 6.45) is 3.12. The number of piperidine rings is 1. The molecule has 2 aliphatic rings. The Hall–Kier alpha value is -4.75. The van der Waals surface area contributed by atoms with E-state index >= 15 is 4.39 Å². The van der Waals surface area contributed by atoms with E-state index in [0.29, 0.717) is 40.9 Å². The van der Waals surface area contributed by atoms with E-state index in [2.05, 4.69) is 30.0 Å². The van der Waals surface area contributed by atoms with Crippen molar-refractivity contribution in [3.05, 3.63) is 78.3 Å². The number of hydrogen-bond donors (Lipinski definition) is 1. The van der Waals surface area contributed by atoms with Gasteiger partial charge in [0, 0.05) is 48.5 Å². The van der Waals surface area contributed by atoms with Gasteiger partial charge in [0.25, 0.3) is 5.89 Å². The second-order valence-electron chi connectivity index (χ2n) is 12.1. The predicted molar refractivity (Wildman–Crippen MR) is 171 cm³/mol. The Morgan fingerprint density at radius 3 is 2.57 bits per heavy atom. The molecule has 1 amide bonds. The van der Waals surface area contributed by atoms with Crippen LogP contribution in [-0.2, 0) is 16.1 Å². The average molecular weight is 646 g/mol. The number of amides is 1. The van der Waals surface area contributed by atoms with E-state index < -0.39 is 18.1 Å². The van der Waals surface area contributed by atoms with Crippen molar-refractivity contribution in [2.45, 2.75) is 31.9 Å². The van der Waals surface area contributed by atoms with Crippen LogP contribution in [0.25, 0.3) is 33.5 Å². The molecule has 0 unspecified atom stereocenters. The smallest absolute Gasteiger partial charge is 0.314 e. The number of nitrogens with one attached hydrogen (secondary N) is 1. The normalized spacial score (nSPS) is 16.1. The van der Waals surface area contributed by atoms with Crippen LogP contribution in [0.2, 0.25) is 0 Å². The second kappa shape index (κ2) is 13.2. The van der Waals surface area contributed by atoms with Crippen molar-refractivity contribution in [1.29, 1.82) is 0 Å². The first-order valence-electron chi connectivity index (χ1n) is 15.6. The molecule has 5 aromatic rings. The molecule has 0 aliphatic carbocycles. The number of halogens is 3. The SMILES string of the molecule is CN(CC1CCN(C2COC2)CC1)c1cc(-c2cccc3[nH]ccc23)c(F)cc1N(C=O)Cc1ccc(-c2nnc(C(F)F)o2)cn1. The Kier molecular flexibility index (Phi) is 8.65. The largest absolute Gasteiger partial charge is 0.415 e. The van der Waals surface area contributed by atoms with Gasteiger partial charge in [0.1, 0.15) is 5.82 Å². The molecular weight excluding hydrogens is 611 g/mol. The van der Waals surface area contributed by atoms with Crippen LogP contribution in [-0.4, -0.2) is 77.4 Å². The lowest BCUT2D eigenvalue weighted by Crippen LogP contribution is -2.52. The second-order valence-corrected chi connectivity index (χ2v) is 12.1. The minimum atomic E-state index is -2.88. The summed E-state index contributed by atoms with van der Waals surface area (Å²) < 4.78 is 52.3. The summed E-state index contributed by atoms with van der Waals surface area (Å²) in [4.78, 5) is 26.2. The minimum Gasteiger partial charge on any atom is -0.415 e. The molecule has 7 rings (SSSR count). The summed E-state index contributed by atoms with van der Waals surface area (Å²) in [7, 11) is 1.98. The van der Waals surface area contributed by atoms with Gasteiger partial charge in [-0.05, 0) is 67.7 Å². The number of fused-ring (bicyclic) bond motifs is 1. The van der Waals surface area contributed by atoms with E-state index in [1.807, 2.05) is 43.6 Å². The van der Waals surface area contributed by atoms with Gasteiger partial charge in [0.05, 0.1) is 48.4 Å². The molecule has 0 bridgehead atoms. The topological polar surface area (TPSA) is 104 Å². The number of H-pyrrole nitrogens is 1. The molecule has 0 saturated carbocycles. The zero-order chi connectivity index (χ0) is 32.5. The molecule has 10 nitrogen and oxygen atoms in total. The number of carbonyl (C=O) groups is 1. The van der Waals surface area contributed by atoms with Gasteiger partial charge in [-0.2, -0.15) is 8.78 Å². The first-order valence-corrected chi connectivity index (χ1v) is 15.6. The average Bonchev–Trinajstić information content (AvgIpc) is 3.75. The van der Waals surface area contributed by atoms with Crippen molar-refractivity contribution in [3.8, 4) is 22.6 Å². The minimum absolute atomic E-state index is 0.0464. The number of carbonyl (C=O) groups excluding carboxylic acids is 1. The van der Waals surface area contributed by atoms with Crippen molar-refractivity contribution in [2.24, 2.45) is 5.92 Å². The molecule has 5 heterocycles. The quantitative estimate of drug-likeness (QED) is 0.173. The third kappa shape index (κ3) is 6.32. The number of nitrogens with zero attached hydrogens (tertiary/aromatic N) is 6. The van der Waals surface area contributed by atoms with Crippen LogP contribution in [0.3, 0.4) is 0 Å².